The fourth-order valence-corrected chi connectivity index (χ4v) is 1.04. The Morgan fingerprint density at radius 1 is 1.06 bits per heavy atom. The molecule has 0 aliphatic rings. The predicted molar refractivity (Wildman–Crippen MR) is 65.8 cm³/mol. The Morgan fingerprint density at radius 3 is 1.89 bits per heavy atom. The first-order valence-corrected chi connectivity index (χ1v) is 5.78. The van der Waals surface area contributed by atoms with Crippen molar-refractivity contribution >= 4 is 12.1 Å². The summed E-state index contributed by atoms with van der Waals surface area (Å²) in [6.45, 7) is 10.3. The molecule has 0 fully saturated rings. The summed E-state index contributed by atoms with van der Waals surface area (Å²) in [7, 11) is 0. The van der Waals surface area contributed by atoms with Crippen molar-refractivity contribution in [2.45, 2.75) is 65.4 Å². The maximum absolute atomic E-state index is 11.4. The van der Waals surface area contributed by atoms with Crippen molar-refractivity contribution < 1.29 is 24.2 Å². The number of hydrogen-bond donors (Lipinski definition) is 2. The average Bonchev–Trinajstić information content (AvgIpc) is 1.92. The Labute approximate surface area is 108 Å². The number of aliphatic hydroxyl groups excluding tert-OH is 1. The van der Waals surface area contributed by atoms with E-state index in [0.717, 1.165) is 0 Å². The molecule has 0 unspecified atom stereocenters. The molecule has 6 heteroatoms. The number of nitrogens with one attached hydrogen (secondary N) is 1. The highest BCUT2D eigenvalue weighted by Gasteiger charge is 2.22. The van der Waals surface area contributed by atoms with Crippen LogP contribution in [0.4, 0.5) is 4.79 Å². The zero-order valence-electron chi connectivity index (χ0n) is 11.9. The zero-order valence-corrected chi connectivity index (χ0v) is 11.9. The zero-order chi connectivity index (χ0) is 14.6. The standard InChI is InChI=1S/C12H23NO5/c1-11(2,3)17-9(15)7-8(14)13-10(16)18-12(4,5)6/h8,14H,7H2,1-6H3,(H,13,16)/t8-/m1/s1. The van der Waals surface area contributed by atoms with Crippen molar-refractivity contribution in [2.24, 2.45) is 0 Å². The van der Waals surface area contributed by atoms with Gasteiger partial charge in [-0.05, 0) is 41.5 Å². The van der Waals surface area contributed by atoms with Crippen molar-refractivity contribution in [1.82, 2.24) is 5.32 Å². The van der Waals surface area contributed by atoms with E-state index >= 15 is 0 Å². The topological polar surface area (TPSA) is 84.9 Å². The van der Waals surface area contributed by atoms with Crippen LogP contribution >= 0.6 is 0 Å². The normalized spacial score (nSPS) is 13.7. The Hall–Kier alpha value is -1.30. The molecule has 0 saturated carbocycles. The molecular weight excluding hydrogens is 238 g/mol. The molecule has 1 amide bonds. The van der Waals surface area contributed by atoms with E-state index in [1.54, 1.807) is 41.5 Å². The molecule has 0 saturated heterocycles. The molecule has 0 spiro atoms. The van der Waals surface area contributed by atoms with Crippen LogP contribution in [-0.2, 0) is 14.3 Å². The summed E-state index contributed by atoms with van der Waals surface area (Å²) < 4.78 is 9.93. The first-order chi connectivity index (χ1) is 7.89. The quantitative estimate of drug-likeness (QED) is 0.595. The number of alkyl carbamates (subject to hydrolysis) is 1. The average molecular weight is 261 g/mol. The van der Waals surface area contributed by atoms with Gasteiger partial charge in [0.2, 0.25) is 0 Å². The van der Waals surface area contributed by atoms with Gasteiger partial charge < -0.3 is 14.6 Å². The molecule has 0 bridgehead atoms. The smallest absolute Gasteiger partial charge is 0.409 e. The van der Waals surface area contributed by atoms with Crippen LogP contribution in [0.5, 0.6) is 0 Å². The third-order valence-electron chi connectivity index (χ3n) is 1.46. The number of rotatable bonds is 3. The van der Waals surface area contributed by atoms with Crippen LogP contribution in [0.25, 0.3) is 0 Å². The van der Waals surface area contributed by atoms with Crippen molar-refractivity contribution in [3.8, 4) is 0 Å². The van der Waals surface area contributed by atoms with E-state index in [-0.39, 0.29) is 6.42 Å². The van der Waals surface area contributed by atoms with E-state index in [0.29, 0.717) is 0 Å². The molecule has 0 aliphatic heterocycles. The Bertz CT molecular complexity index is 271. The molecule has 0 heterocycles. The van der Waals surface area contributed by atoms with Gasteiger partial charge in [0, 0.05) is 0 Å². The van der Waals surface area contributed by atoms with Gasteiger partial charge in [0.1, 0.15) is 17.4 Å². The van der Waals surface area contributed by atoms with Gasteiger partial charge in [-0.1, -0.05) is 0 Å². The molecule has 0 aromatic carbocycles. The van der Waals surface area contributed by atoms with Crippen LogP contribution in [0.1, 0.15) is 48.0 Å². The fraction of sp³-hybridized carbons (Fsp3) is 0.833. The van der Waals surface area contributed by atoms with E-state index in [2.05, 4.69) is 5.32 Å². The van der Waals surface area contributed by atoms with Gasteiger partial charge in [0.15, 0.2) is 0 Å². The van der Waals surface area contributed by atoms with E-state index < -0.39 is 29.5 Å². The van der Waals surface area contributed by atoms with Gasteiger partial charge in [-0.2, -0.15) is 0 Å². The van der Waals surface area contributed by atoms with Gasteiger partial charge >= 0.3 is 12.1 Å². The third-order valence-corrected chi connectivity index (χ3v) is 1.46. The highest BCUT2D eigenvalue weighted by molar-refractivity contribution is 5.72. The van der Waals surface area contributed by atoms with Crippen LogP contribution < -0.4 is 5.32 Å². The van der Waals surface area contributed by atoms with Crippen molar-refractivity contribution in [1.29, 1.82) is 0 Å². The number of esters is 1. The van der Waals surface area contributed by atoms with Crippen LogP contribution in [0.2, 0.25) is 0 Å². The van der Waals surface area contributed by atoms with Gasteiger partial charge in [0.05, 0.1) is 6.42 Å². The number of hydrogen-bond acceptors (Lipinski definition) is 5. The number of amides is 1. The van der Waals surface area contributed by atoms with Gasteiger partial charge in [-0.3, -0.25) is 10.1 Å². The lowest BCUT2D eigenvalue weighted by atomic mass is 10.2. The fourth-order valence-electron chi connectivity index (χ4n) is 1.04. The van der Waals surface area contributed by atoms with E-state index in [1.165, 1.54) is 0 Å². The largest absolute Gasteiger partial charge is 0.460 e. The number of ether oxygens (including phenoxy) is 2. The molecule has 0 aromatic rings. The summed E-state index contributed by atoms with van der Waals surface area (Å²) in [5.74, 6) is -0.592. The number of carbonyl (C=O) groups excluding carboxylic acids is 2. The summed E-state index contributed by atoms with van der Waals surface area (Å²) in [4.78, 5) is 22.7. The van der Waals surface area contributed by atoms with E-state index in [9.17, 15) is 14.7 Å². The van der Waals surface area contributed by atoms with E-state index in [1.807, 2.05) is 0 Å². The third kappa shape index (κ3) is 9.89. The summed E-state index contributed by atoms with van der Waals surface area (Å²) in [6, 6.07) is 0. The minimum atomic E-state index is -1.32. The summed E-state index contributed by atoms with van der Waals surface area (Å²) in [5, 5.41) is 11.6. The molecule has 106 valence electrons. The van der Waals surface area contributed by atoms with Crippen LogP contribution in [-0.4, -0.2) is 34.6 Å². The van der Waals surface area contributed by atoms with Crippen LogP contribution in [0.15, 0.2) is 0 Å². The molecule has 1 atom stereocenters. The van der Waals surface area contributed by atoms with Crippen LogP contribution in [0.3, 0.4) is 0 Å². The first kappa shape index (κ1) is 16.7. The second kappa shape index (κ2) is 6.04. The highest BCUT2D eigenvalue weighted by Crippen LogP contribution is 2.10. The maximum atomic E-state index is 11.4. The maximum Gasteiger partial charge on any atom is 0.409 e. The van der Waals surface area contributed by atoms with Crippen LogP contribution in [0, 0.1) is 0 Å². The molecule has 0 radical (unpaired) electrons. The van der Waals surface area contributed by atoms with Crippen molar-refractivity contribution in [3.05, 3.63) is 0 Å². The molecule has 6 nitrogen and oxygen atoms in total. The molecule has 18 heavy (non-hydrogen) atoms. The molecule has 2 N–H and O–H groups in total. The second-order valence-corrected chi connectivity index (χ2v) is 5.95. The summed E-state index contributed by atoms with van der Waals surface area (Å²) in [5.41, 5.74) is -1.28. The lowest BCUT2D eigenvalue weighted by Gasteiger charge is -2.22. The summed E-state index contributed by atoms with van der Waals surface area (Å²) in [6.07, 6.45) is -2.43. The lowest BCUT2D eigenvalue weighted by Crippen LogP contribution is -2.40. The summed E-state index contributed by atoms with van der Waals surface area (Å²) >= 11 is 0. The lowest BCUT2D eigenvalue weighted by molar-refractivity contribution is -0.157. The first-order valence-electron chi connectivity index (χ1n) is 5.78. The Morgan fingerprint density at radius 2 is 1.50 bits per heavy atom. The Kier molecular flexibility index (Phi) is 5.60. The molecule has 0 aromatic heterocycles. The number of aliphatic hydroxyl groups is 1. The Balaban J connectivity index is 4.08. The van der Waals surface area contributed by atoms with E-state index in [4.69, 9.17) is 9.47 Å². The minimum absolute atomic E-state index is 0.323. The van der Waals surface area contributed by atoms with Crippen molar-refractivity contribution in [2.75, 3.05) is 0 Å². The highest BCUT2D eigenvalue weighted by atomic mass is 16.6. The molecule has 0 aliphatic carbocycles. The molecule has 0 rings (SSSR count). The van der Waals surface area contributed by atoms with Gasteiger partial charge in [-0.25, -0.2) is 4.79 Å². The minimum Gasteiger partial charge on any atom is -0.460 e. The number of carbonyl (C=O) groups is 2. The predicted octanol–water partition coefficient (Wildman–Crippen LogP) is 1.56. The van der Waals surface area contributed by atoms with Crippen molar-refractivity contribution in [3.63, 3.8) is 0 Å². The second-order valence-electron chi connectivity index (χ2n) is 5.95. The monoisotopic (exact) mass is 261 g/mol. The molecular formula is C12H23NO5. The SMILES string of the molecule is CC(C)(C)OC(=O)C[C@@H](O)NC(=O)OC(C)(C)C. The van der Waals surface area contributed by atoms with Gasteiger partial charge in [0.25, 0.3) is 0 Å². The van der Waals surface area contributed by atoms with Gasteiger partial charge in [-0.15, -0.1) is 0 Å².